The summed E-state index contributed by atoms with van der Waals surface area (Å²) in [4.78, 5) is 32.5. The van der Waals surface area contributed by atoms with Crippen LogP contribution in [0.4, 0.5) is 5.00 Å². The first-order valence-electron chi connectivity index (χ1n) is 12.6. The van der Waals surface area contributed by atoms with Gasteiger partial charge in [0.05, 0.1) is 27.4 Å². The molecule has 4 aromatic rings. The van der Waals surface area contributed by atoms with E-state index in [2.05, 4.69) is 26.1 Å². The van der Waals surface area contributed by atoms with E-state index >= 15 is 0 Å². The molecule has 5 nitrogen and oxygen atoms in total. The fraction of sp³-hybridized carbons (Fsp3) is 0.300. The van der Waals surface area contributed by atoms with Gasteiger partial charge in [0.25, 0.3) is 11.8 Å². The zero-order valence-corrected chi connectivity index (χ0v) is 24.1. The van der Waals surface area contributed by atoms with Crippen LogP contribution in [0.5, 0.6) is 0 Å². The molecule has 2 amide bonds. The van der Waals surface area contributed by atoms with Gasteiger partial charge in [0.15, 0.2) is 0 Å². The number of hydrogen-bond acceptors (Lipinski definition) is 4. The normalized spacial score (nSPS) is 15.4. The predicted molar refractivity (Wildman–Crippen MR) is 158 cm³/mol. The van der Waals surface area contributed by atoms with Gasteiger partial charge in [-0.2, -0.15) is 0 Å². The topological polar surface area (TPSA) is 85.1 Å². The van der Waals surface area contributed by atoms with Crippen molar-refractivity contribution in [3.8, 4) is 11.3 Å². The molecule has 5 rings (SSSR count). The number of carbonyl (C=O) groups excluding carboxylic acids is 2. The molecule has 2 aromatic heterocycles. The minimum absolute atomic E-state index is 0.157. The lowest BCUT2D eigenvalue weighted by atomic mass is 9.72. The van der Waals surface area contributed by atoms with Crippen molar-refractivity contribution in [1.82, 2.24) is 4.98 Å². The summed E-state index contributed by atoms with van der Waals surface area (Å²) in [6.07, 6.45) is 2.63. The van der Waals surface area contributed by atoms with E-state index in [4.69, 9.17) is 33.9 Å². The molecule has 1 aliphatic carbocycles. The van der Waals surface area contributed by atoms with Crippen molar-refractivity contribution in [1.29, 1.82) is 0 Å². The minimum atomic E-state index is -0.517. The Balaban J connectivity index is 1.61. The summed E-state index contributed by atoms with van der Waals surface area (Å²) in [6, 6.07) is 12.7. The standard InChI is InChI=1S/C30H29Cl2N3O2S/c1-15-24(19-7-5-6-8-22(19)34-26(15)18-12-10-17(31)14-21(18)32)28(37)35-29-25(27(33)36)20-11-9-16(30(2,3)4)13-23(20)38-29/h5-8,10,12,14,16H,9,11,13H2,1-4H3,(H2,33,36)(H,35,37). The van der Waals surface area contributed by atoms with E-state index in [1.807, 2.05) is 31.2 Å². The molecular weight excluding hydrogens is 537 g/mol. The number of anilines is 1. The summed E-state index contributed by atoms with van der Waals surface area (Å²) in [5.41, 5.74) is 10.5. The number of amides is 2. The maximum absolute atomic E-state index is 13.9. The van der Waals surface area contributed by atoms with Crippen LogP contribution in [0.25, 0.3) is 22.2 Å². The monoisotopic (exact) mass is 565 g/mol. The third-order valence-electron chi connectivity index (χ3n) is 7.51. The largest absolute Gasteiger partial charge is 0.365 e. The molecular formula is C30H29Cl2N3O2S. The van der Waals surface area contributed by atoms with Gasteiger partial charge in [-0.15, -0.1) is 11.3 Å². The number of nitrogens with two attached hydrogens (primary N) is 1. The average molecular weight is 567 g/mol. The molecule has 0 radical (unpaired) electrons. The van der Waals surface area contributed by atoms with Crippen LogP contribution in [-0.4, -0.2) is 16.8 Å². The molecule has 38 heavy (non-hydrogen) atoms. The molecule has 0 saturated carbocycles. The van der Waals surface area contributed by atoms with Crippen LogP contribution in [0.15, 0.2) is 42.5 Å². The molecule has 0 spiro atoms. The summed E-state index contributed by atoms with van der Waals surface area (Å²) in [6.45, 7) is 8.60. The van der Waals surface area contributed by atoms with Crippen LogP contribution in [-0.2, 0) is 12.8 Å². The second-order valence-corrected chi connectivity index (χ2v) is 12.9. The van der Waals surface area contributed by atoms with Gasteiger partial charge in [0, 0.05) is 20.8 Å². The summed E-state index contributed by atoms with van der Waals surface area (Å²) in [7, 11) is 0. The first-order chi connectivity index (χ1) is 18.0. The number of primary amides is 1. The third kappa shape index (κ3) is 4.81. The minimum Gasteiger partial charge on any atom is -0.365 e. The Morgan fingerprint density at radius 3 is 2.53 bits per heavy atom. The number of halogens is 2. The number of pyridine rings is 1. The average Bonchev–Trinajstić information content (AvgIpc) is 3.20. The lowest BCUT2D eigenvalue weighted by Gasteiger charge is -2.33. The van der Waals surface area contributed by atoms with E-state index < -0.39 is 5.91 Å². The van der Waals surface area contributed by atoms with Gasteiger partial charge in [0.1, 0.15) is 5.00 Å². The molecule has 0 saturated heterocycles. The van der Waals surface area contributed by atoms with Crippen LogP contribution in [0.1, 0.15) is 63.9 Å². The number of benzene rings is 2. The number of aromatic nitrogens is 1. The molecule has 2 aromatic carbocycles. The highest BCUT2D eigenvalue weighted by atomic mass is 35.5. The van der Waals surface area contributed by atoms with Gasteiger partial charge < -0.3 is 11.1 Å². The molecule has 0 bridgehead atoms. The summed E-state index contributed by atoms with van der Waals surface area (Å²) in [5, 5.41) is 5.24. The zero-order valence-electron chi connectivity index (χ0n) is 21.7. The lowest BCUT2D eigenvalue weighted by Crippen LogP contribution is -2.27. The smallest absolute Gasteiger partial charge is 0.257 e. The van der Waals surface area contributed by atoms with E-state index in [9.17, 15) is 9.59 Å². The Labute approximate surface area is 236 Å². The molecule has 196 valence electrons. The van der Waals surface area contributed by atoms with E-state index in [1.165, 1.54) is 11.3 Å². The summed E-state index contributed by atoms with van der Waals surface area (Å²) < 4.78 is 0. The molecule has 3 N–H and O–H groups in total. The highest BCUT2D eigenvalue weighted by molar-refractivity contribution is 7.17. The summed E-state index contributed by atoms with van der Waals surface area (Å²) in [5.74, 6) is -0.339. The predicted octanol–water partition coefficient (Wildman–Crippen LogP) is 8.08. The molecule has 2 heterocycles. The fourth-order valence-corrected chi connectivity index (χ4v) is 7.21. The van der Waals surface area contributed by atoms with Crippen LogP contribution < -0.4 is 11.1 Å². The molecule has 8 heteroatoms. The third-order valence-corrected chi connectivity index (χ3v) is 9.23. The van der Waals surface area contributed by atoms with Crippen LogP contribution >= 0.6 is 34.5 Å². The Morgan fingerprint density at radius 2 is 1.84 bits per heavy atom. The van der Waals surface area contributed by atoms with Crippen molar-refractivity contribution in [3.05, 3.63) is 79.6 Å². The number of thiophene rings is 1. The molecule has 0 aliphatic heterocycles. The van der Waals surface area contributed by atoms with Crippen molar-refractivity contribution in [2.45, 2.75) is 47.0 Å². The van der Waals surface area contributed by atoms with Gasteiger partial charge in [-0.3, -0.25) is 9.59 Å². The first-order valence-corrected chi connectivity index (χ1v) is 14.1. The van der Waals surface area contributed by atoms with E-state index in [-0.39, 0.29) is 11.3 Å². The van der Waals surface area contributed by atoms with Gasteiger partial charge in [-0.25, -0.2) is 4.98 Å². The van der Waals surface area contributed by atoms with Crippen LogP contribution in [0.2, 0.25) is 10.0 Å². The molecule has 0 fully saturated rings. The van der Waals surface area contributed by atoms with Gasteiger partial charge in [-0.1, -0.05) is 62.2 Å². The second kappa shape index (κ2) is 9.99. The van der Waals surface area contributed by atoms with Crippen LogP contribution in [0.3, 0.4) is 0 Å². The fourth-order valence-electron chi connectivity index (χ4n) is 5.38. The Hall–Kier alpha value is -2.93. The number of para-hydroxylation sites is 1. The molecule has 1 unspecified atom stereocenters. The molecule has 1 atom stereocenters. The Bertz CT molecular complexity index is 1600. The lowest BCUT2D eigenvalue weighted by molar-refractivity contribution is 0.1000. The number of rotatable bonds is 4. The number of nitrogens with zero attached hydrogens (tertiary/aromatic N) is 1. The number of hydrogen-bond donors (Lipinski definition) is 2. The first kappa shape index (κ1) is 26.7. The second-order valence-electron chi connectivity index (χ2n) is 10.9. The SMILES string of the molecule is Cc1c(-c2ccc(Cl)cc2Cl)nc2ccccc2c1C(=O)Nc1sc2c(c1C(N)=O)CCC(C(C)(C)C)C2. The Kier molecular flexibility index (Phi) is 7.01. The quantitative estimate of drug-likeness (QED) is 0.262. The van der Waals surface area contributed by atoms with Gasteiger partial charge >= 0.3 is 0 Å². The van der Waals surface area contributed by atoms with E-state index in [1.54, 1.807) is 18.2 Å². The van der Waals surface area contributed by atoms with Crippen LogP contribution in [0, 0.1) is 18.3 Å². The number of carbonyl (C=O) groups is 2. The van der Waals surface area contributed by atoms with Crippen molar-refractivity contribution in [2.24, 2.45) is 17.1 Å². The van der Waals surface area contributed by atoms with Crippen molar-refractivity contribution in [2.75, 3.05) is 5.32 Å². The zero-order chi connectivity index (χ0) is 27.4. The number of fused-ring (bicyclic) bond motifs is 2. The Morgan fingerprint density at radius 1 is 1.11 bits per heavy atom. The summed E-state index contributed by atoms with van der Waals surface area (Å²) >= 11 is 14.1. The maximum Gasteiger partial charge on any atom is 0.257 e. The highest BCUT2D eigenvalue weighted by Crippen LogP contribution is 2.44. The van der Waals surface area contributed by atoms with Crippen molar-refractivity contribution < 1.29 is 9.59 Å². The van der Waals surface area contributed by atoms with Crippen molar-refractivity contribution in [3.63, 3.8) is 0 Å². The van der Waals surface area contributed by atoms with Gasteiger partial charge in [0.2, 0.25) is 0 Å². The molecule has 1 aliphatic rings. The highest BCUT2D eigenvalue weighted by Gasteiger charge is 2.34. The van der Waals surface area contributed by atoms with Crippen molar-refractivity contribution >= 4 is 62.3 Å². The maximum atomic E-state index is 13.9. The van der Waals surface area contributed by atoms with E-state index in [0.29, 0.717) is 59.8 Å². The number of nitrogens with one attached hydrogen (secondary N) is 1. The van der Waals surface area contributed by atoms with E-state index in [0.717, 1.165) is 29.7 Å². The van der Waals surface area contributed by atoms with Gasteiger partial charge in [-0.05, 0) is 72.9 Å².